The Hall–Kier alpha value is -2.96. The molecule has 0 heterocycles. The highest BCUT2D eigenvalue weighted by Crippen LogP contribution is 2.34. The number of alkyl halides is 2. The van der Waals surface area contributed by atoms with Gasteiger partial charge in [-0.2, -0.15) is 8.78 Å². The molecule has 0 N–H and O–H groups in total. The fourth-order valence-electron chi connectivity index (χ4n) is 2.66. The maximum Gasteiger partial charge on any atom is 0.429 e. The standard InChI is InChI=1S/C21H14F6O/c1-2-12-3-8-16(17(22)9-12)21(26,27)28-15-6-4-13(5-7-15)14-10-18(23)20(25)19(24)11-14/h3-11H,2H2,1H3. The lowest BCUT2D eigenvalue weighted by Gasteiger charge is -2.19. The zero-order valence-corrected chi connectivity index (χ0v) is 14.6. The summed E-state index contributed by atoms with van der Waals surface area (Å²) in [5.41, 5.74) is -0.0560. The largest absolute Gasteiger partial charge is 0.429 e. The van der Waals surface area contributed by atoms with Crippen LogP contribution in [0.4, 0.5) is 26.3 Å². The molecular weight excluding hydrogens is 382 g/mol. The van der Waals surface area contributed by atoms with Gasteiger partial charge in [0.05, 0.1) is 5.56 Å². The first-order valence-corrected chi connectivity index (χ1v) is 8.32. The first kappa shape index (κ1) is 19.8. The van der Waals surface area contributed by atoms with Crippen LogP contribution in [-0.2, 0) is 12.5 Å². The lowest BCUT2D eigenvalue weighted by Crippen LogP contribution is -2.23. The molecule has 0 radical (unpaired) electrons. The van der Waals surface area contributed by atoms with Crippen LogP contribution in [0.2, 0.25) is 0 Å². The summed E-state index contributed by atoms with van der Waals surface area (Å²) in [5, 5.41) is 0. The molecule has 0 aromatic heterocycles. The van der Waals surface area contributed by atoms with Gasteiger partial charge in [-0.05, 0) is 59.5 Å². The van der Waals surface area contributed by atoms with Crippen LogP contribution in [0.15, 0.2) is 54.6 Å². The molecule has 28 heavy (non-hydrogen) atoms. The minimum absolute atomic E-state index is 0.0240. The number of halogens is 6. The van der Waals surface area contributed by atoms with Crippen molar-refractivity contribution in [1.29, 1.82) is 0 Å². The Kier molecular flexibility index (Phi) is 5.36. The Morgan fingerprint density at radius 3 is 1.89 bits per heavy atom. The van der Waals surface area contributed by atoms with Crippen LogP contribution in [-0.4, -0.2) is 0 Å². The number of benzene rings is 3. The van der Waals surface area contributed by atoms with Crippen molar-refractivity contribution >= 4 is 0 Å². The van der Waals surface area contributed by atoms with Gasteiger partial charge in [-0.25, -0.2) is 17.6 Å². The highest BCUT2D eigenvalue weighted by Gasteiger charge is 2.37. The van der Waals surface area contributed by atoms with E-state index in [0.717, 1.165) is 36.4 Å². The second kappa shape index (κ2) is 7.58. The van der Waals surface area contributed by atoms with Crippen LogP contribution in [0.5, 0.6) is 5.75 Å². The van der Waals surface area contributed by atoms with Crippen LogP contribution >= 0.6 is 0 Å². The molecule has 146 valence electrons. The van der Waals surface area contributed by atoms with Crippen LogP contribution in [0.1, 0.15) is 18.1 Å². The molecule has 3 aromatic rings. The van der Waals surface area contributed by atoms with Gasteiger partial charge in [0.25, 0.3) is 0 Å². The van der Waals surface area contributed by atoms with Gasteiger partial charge in [0.1, 0.15) is 11.6 Å². The number of aryl methyl sites for hydroxylation is 1. The number of ether oxygens (including phenoxy) is 1. The smallest absolute Gasteiger partial charge is 0.429 e. The summed E-state index contributed by atoms with van der Waals surface area (Å²) in [7, 11) is 0. The minimum Gasteiger partial charge on any atom is -0.429 e. The maximum absolute atomic E-state index is 14.3. The van der Waals surface area contributed by atoms with E-state index in [1.54, 1.807) is 6.92 Å². The average molecular weight is 396 g/mol. The van der Waals surface area contributed by atoms with E-state index in [2.05, 4.69) is 4.74 Å². The number of hydrogen-bond donors (Lipinski definition) is 0. The van der Waals surface area contributed by atoms with Gasteiger partial charge in [0.15, 0.2) is 17.5 Å². The molecule has 0 unspecified atom stereocenters. The summed E-state index contributed by atoms with van der Waals surface area (Å²) in [6.45, 7) is 1.77. The normalized spacial score (nSPS) is 11.5. The van der Waals surface area contributed by atoms with E-state index in [9.17, 15) is 26.3 Å². The average Bonchev–Trinajstić information content (AvgIpc) is 2.65. The Bertz CT molecular complexity index is 975. The third-order valence-electron chi connectivity index (χ3n) is 4.17. The van der Waals surface area contributed by atoms with Crippen LogP contribution < -0.4 is 4.74 Å². The van der Waals surface area contributed by atoms with E-state index in [4.69, 9.17) is 0 Å². The highest BCUT2D eigenvalue weighted by molar-refractivity contribution is 5.64. The van der Waals surface area contributed by atoms with Crippen molar-refractivity contribution in [3.63, 3.8) is 0 Å². The summed E-state index contributed by atoms with van der Waals surface area (Å²) in [5.74, 6) is -5.70. The lowest BCUT2D eigenvalue weighted by molar-refractivity contribution is -0.187. The molecule has 0 aliphatic heterocycles. The quantitative estimate of drug-likeness (QED) is 0.349. The summed E-state index contributed by atoms with van der Waals surface area (Å²) in [6, 6.07) is 9.76. The van der Waals surface area contributed by atoms with Crippen molar-refractivity contribution in [3.8, 4) is 16.9 Å². The molecule has 0 saturated heterocycles. The van der Waals surface area contributed by atoms with Gasteiger partial charge < -0.3 is 4.74 Å². The predicted octanol–water partition coefficient (Wildman–Crippen LogP) is 6.60. The van der Waals surface area contributed by atoms with Gasteiger partial charge >= 0.3 is 6.11 Å². The third kappa shape index (κ3) is 3.98. The molecule has 0 bridgehead atoms. The van der Waals surface area contributed by atoms with Crippen LogP contribution in [0.3, 0.4) is 0 Å². The Morgan fingerprint density at radius 2 is 1.36 bits per heavy atom. The number of hydrogen-bond acceptors (Lipinski definition) is 1. The molecule has 7 heteroatoms. The molecule has 3 aromatic carbocycles. The highest BCUT2D eigenvalue weighted by atomic mass is 19.3. The molecule has 0 fully saturated rings. The van der Waals surface area contributed by atoms with E-state index in [1.807, 2.05) is 0 Å². The van der Waals surface area contributed by atoms with E-state index in [0.29, 0.717) is 12.0 Å². The van der Waals surface area contributed by atoms with Gasteiger partial charge in [0.2, 0.25) is 0 Å². The molecule has 0 spiro atoms. The zero-order chi connectivity index (χ0) is 20.5. The van der Waals surface area contributed by atoms with Crippen molar-refractivity contribution in [2.45, 2.75) is 19.5 Å². The van der Waals surface area contributed by atoms with E-state index < -0.39 is 34.9 Å². The SMILES string of the molecule is CCc1ccc(C(F)(F)Oc2ccc(-c3cc(F)c(F)c(F)c3)cc2)c(F)c1. The van der Waals surface area contributed by atoms with Gasteiger partial charge in [-0.1, -0.05) is 25.1 Å². The van der Waals surface area contributed by atoms with Crippen molar-refractivity contribution in [2.24, 2.45) is 0 Å². The Balaban J connectivity index is 1.84. The van der Waals surface area contributed by atoms with Crippen molar-refractivity contribution in [2.75, 3.05) is 0 Å². The van der Waals surface area contributed by atoms with Crippen molar-refractivity contribution in [1.82, 2.24) is 0 Å². The topological polar surface area (TPSA) is 9.23 Å². The maximum atomic E-state index is 14.3. The van der Waals surface area contributed by atoms with E-state index in [-0.39, 0.29) is 16.9 Å². The minimum atomic E-state index is -3.92. The monoisotopic (exact) mass is 396 g/mol. The predicted molar refractivity (Wildman–Crippen MR) is 92.1 cm³/mol. The molecule has 0 aliphatic carbocycles. The van der Waals surface area contributed by atoms with Gasteiger partial charge in [0, 0.05) is 0 Å². The summed E-state index contributed by atoms with van der Waals surface area (Å²) >= 11 is 0. The molecule has 0 saturated carbocycles. The number of rotatable bonds is 5. The first-order chi connectivity index (χ1) is 13.2. The first-order valence-electron chi connectivity index (χ1n) is 8.32. The molecule has 0 atom stereocenters. The fraction of sp³-hybridized carbons (Fsp3) is 0.143. The van der Waals surface area contributed by atoms with E-state index in [1.165, 1.54) is 18.2 Å². The van der Waals surface area contributed by atoms with Crippen LogP contribution in [0, 0.1) is 23.3 Å². The van der Waals surface area contributed by atoms with Crippen molar-refractivity contribution < 1.29 is 31.1 Å². The molecule has 3 rings (SSSR count). The second-order valence-electron chi connectivity index (χ2n) is 6.06. The zero-order valence-electron chi connectivity index (χ0n) is 14.6. The molecule has 1 nitrogen and oxygen atoms in total. The molecule has 0 amide bonds. The summed E-state index contributed by atoms with van der Waals surface area (Å²) in [4.78, 5) is 0. The van der Waals surface area contributed by atoms with Gasteiger partial charge in [-0.3, -0.25) is 0 Å². The fourth-order valence-corrected chi connectivity index (χ4v) is 2.66. The van der Waals surface area contributed by atoms with Gasteiger partial charge in [-0.15, -0.1) is 0 Å². The Morgan fingerprint density at radius 1 is 0.750 bits per heavy atom. The van der Waals surface area contributed by atoms with Crippen LogP contribution in [0.25, 0.3) is 11.1 Å². The molecule has 0 aliphatic rings. The summed E-state index contributed by atoms with van der Waals surface area (Å²) in [6.07, 6.45) is -3.43. The molecular formula is C21H14F6O. The Labute approximate surface area is 157 Å². The lowest BCUT2D eigenvalue weighted by atomic mass is 10.1. The summed E-state index contributed by atoms with van der Waals surface area (Å²) < 4.78 is 86.9. The van der Waals surface area contributed by atoms with E-state index >= 15 is 0 Å². The van der Waals surface area contributed by atoms with Crippen molar-refractivity contribution in [3.05, 3.63) is 89.0 Å². The third-order valence-corrected chi connectivity index (χ3v) is 4.17. The second-order valence-corrected chi connectivity index (χ2v) is 6.06.